The number of halogens is 6. The first-order valence-electron chi connectivity index (χ1n) is 22.6. The Hall–Kier alpha value is -6.26. The van der Waals surface area contributed by atoms with Gasteiger partial charge >= 0.3 is 50.1 Å². The van der Waals surface area contributed by atoms with Gasteiger partial charge in [-0.3, -0.25) is 0 Å². The maximum atomic E-state index is 12.8. The molecule has 0 amide bonds. The Kier molecular flexibility index (Phi) is 20.8. The molecule has 0 unspecified atom stereocenters. The van der Waals surface area contributed by atoms with Gasteiger partial charge in [0.1, 0.15) is 34.2 Å². The fourth-order valence-electron chi connectivity index (χ4n) is 6.42. The number of pyridine rings is 2. The van der Waals surface area contributed by atoms with Crippen LogP contribution in [0.25, 0.3) is 11.6 Å². The van der Waals surface area contributed by atoms with Crippen molar-refractivity contribution in [1.82, 2.24) is 29.5 Å². The number of benzene rings is 2. The van der Waals surface area contributed by atoms with E-state index in [9.17, 15) is 46.1 Å². The minimum absolute atomic E-state index is 0. The summed E-state index contributed by atoms with van der Waals surface area (Å²) >= 11 is 0. The number of rotatable bonds is 22. The number of aromatic nitrogens is 6. The van der Waals surface area contributed by atoms with Gasteiger partial charge in [0.25, 0.3) is 0 Å². The number of carboxylic acid groups (broad SMARTS) is 2. The van der Waals surface area contributed by atoms with Gasteiger partial charge in [0, 0.05) is 48.0 Å². The maximum absolute atomic E-state index is 12.8. The van der Waals surface area contributed by atoms with Crippen LogP contribution in [0, 0.1) is 13.8 Å². The van der Waals surface area contributed by atoms with Crippen LogP contribution in [-0.2, 0) is 34.8 Å². The quantitative estimate of drug-likeness (QED) is 0.0369. The van der Waals surface area contributed by atoms with Crippen molar-refractivity contribution in [3.05, 3.63) is 119 Å². The van der Waals surface area contributed by atoms with E-state index in [4.69, 9.17) is 28.4 Å². The molecule has 0 aliphatic rings. The molecule has 0 saturated heterocycles. The summed E-state index contributed by atoms with van der Waals surface area (Å²) in [6.07, 6.45) is -1.84. The summed E-state index contributed by atoms with van der Waals surface area (Å²) in [5.74, 6) is 0.336. The molecule has 4 aromatic heterocycles. The van der Waals surface area contributed by atoms with E-state index in [2.05, 4.69) is 20.2 Å². The van der Waals surface area contributed by atoms with Gasteiger partial charge in [0.15, 0.2) is 11.6 Å². The van der Waals surface area contributed by atoms with Gasteiger partial charge in [-0.15, -0.1) is 10.2 Å². The number of carbonyl (C=O) groups excluding carboxylic acids is 2. The number of ether oxygens (including phenoxy) is 6. The molecule has 16 nitrogen and oxygen atoms in total. The van der Waals surface area contributed by atoms with Crippen molar-refractivity contribution in [1.29, 1.82) is 0 Å². The van der Waals surface area contributed by atoms with Gasteiger partial charge in [0.05, 0.1) is 49.5 Å². The molecule has 23 heteroatoms. The molecule has 0 fully saturated rings. The molecule has 0 aliphatic heterocycles. The van der Waals surface area contributed by atoms with E-state index in [0.29, 0.717) is 86.9 Å². The molecule has 0 spiro atoms. The van der Waals surface area contributed by atoms with Crippen molar-refractivity contribution in [3.8, 4) is 46.4 Å². The normalized spacial score (nSPS) is 11.7. The van der Waals surface area contributed by atoms with E-state index in [1.54, 1.807) is 48.8 Å². The largest absolute Gasteiger partial charge is 2.00 e. The first kappa shape index (κ1) is 59.3. The van der Waals surface area contributed by atoms with Crippen LogP contribution in [0.5, 0.6) is 34.8 Å². The zero-order chi connectivity index (χ0) is 53.0. The van der Waals surface area contributed by atoms with Gasteiger partial charge in [-0.1, -0.05) is 12.1 Å². The molecule has 0 radical (unpaired) electrons. The Morgan fingerprint density at radius 1 is 0.575 bits per heavy atom. The van der Waals surface area contributed by atoms with E-state index < -0.39 is 46.6 Å². The van der Waals surface area contributed by atoms with E-state index >= 15 is 0 Å². The average Bonchev–Trinajstić information content (AvgIpc) is 3.91. The minimum atomic E-state index is -4.47. The molecule has 0 atom stereocenters. The number of nitrogens with zero attached hydrogens (tertiary/aromatic N) is 6. The summed E-state index contributed by atoms with van der Waals surface area (Å²) in [6, 6.07) is 14.5. The number of aliphatic carboxylic acids is 2. The molecule has 0 aliphatic carbocycles. The monoisotopic (exact) mass is 1050 g/mol. The minimum Gasteiger partial charge on any atom is -0.546 e. The van der Waals surface area contributed by atoms with Crippen molar-refractivity contribution in [2.75, 3.05) is 26.4 Å². The summed E-state index contributed by atoms with van der Waals surface area (Å²) in [6.45, 7) is 14.4. The molecular weight excluding hydrogens is 999 g/mol. The standard InChI is InChI=1S/2C25H28F3N3O5.Ca/c2*1-5-34-22-17(15-31(30-22)21-11-9-18(14-29-21)25(26,27)28)7-6-12-35-20-13-19(10-8-16(20)2)36-24(3,4)23(32)33;/h2*8-11,13-15H,5-7,12H2,1-4H3,(H,32,33);/q;;+2/p-2. The number of hydrogen-bond acceptors (Lipinski definition) is 14. The summed E-state index contributed by atoms with van der Waals surface area (Å²) in [7, 11) is 0. The third kappa shape index (κ3) is 16.9. The third-order valence-electron chi connectivity index (χ3n) is 10.4. The van der Waals surface area contributed by atoms with E-state index in [-0.39, 0.29) is 49.4 Å². The molecule has 0 N–H and O–H groups in total. The zero-order valence-corrected chi connectivity index (χ0v) is 43.7. The number of carboxylic acids is 2. The topological polar surface area (TPSA) is 197 Å². The third-order valence-corrected chi connectivity index (χ3v) is 10.4. The maximum Gasteiger partial charge on any atom is 2.00 e. The van der Waals surface area contributed by atoms with Gasteiger partial charge in [-0.05, 0) is 129 Å². The van der Waals surface area contributed by atoms with E-state index in [1.807, 2.05) is 27.7 Å². The predicted molar refractivity (Wildman–Crippen MR) is 250 cm³/mol. The fourth-order valence-corrected chi connectivity index (χ4v) is 6.42. The van der Waals surface area contributed by atoms with Crippen LogP contribution in [0.2, 0.25) is 0 Å². The Morgan fingerprint density at radius 2 is 0.945 bits per heavy atom. The number of carbonyl (C=O) groups is 2. The van der Waals surface area contributed by atoms with Gasteiger partial charge in [-0.25, -0.2) is 19.3 Å². The second-order valence-electron chi connectivity index (χ2n) is 17.0. The number of hydrogen-bond donors (Lipinski definition) is 0. The molecule has 4 heterocycles. The van der Waals surface area contributed by atoms with Crippen molar-refractivity contribution in [2.24, 2.45) is 0 Å². The van der Waals surface area contributed by atoms with Crippen LogP contribution in [0.15, 0.2) is 85.5 Å². The molecule has 6 rings (SSSR count). The molecule has 0 bridgehead atoms. The SMILES string of the molecule is CCOc1nn(-c2ccc(C(F)(F)F)cn2)cc1CCCOc1cc(OC(C)(C)C(=O)[O-])ccc1C.CCOc1nn(-c2ccc(C(F)(F)F)cn2)cc1CCCOc1cc(OC(C)(C)C(=O)[O-])ccc1C.[Ca+2]. The number of aryl methyl sites for hydroxylation is 4. The second-order valence-corrected chi connectivity index (χ2v) is 17.0. The van der Waals surface area contributed by atoms with Crippen LogP contribution < -0.4 is 38.6 Å². The fraction of sp³-hybridized carbons (Fsp3) is 0.400. The smallest absolute Gasteiger partial charge is 0.546 e. The van der Waals surface area contributed by atoms with E-state index in [1.165, 1.54) is 49.2 Å². The van der Waals surface area contributed by atoms with Crippen LogP contribution in [0.4, 0.5) is 26.3 Å². The second kappa shape index (κ2) is 25.6. The predicted octanol–water partition coefficient (Wildman–Crippen LogP) is 7.44. The van der Waals surface area contributed by atoms with Crippen molar-refractivity contribution in [2.45, 2.75) is 105 Å². The molecule has 6 aromatic rings. The van der Waals surface area contributed by atoms with Crippen LogP contribution in [0.1, 0.15) is 87.8 Å². The summed E-state index contributed by atoms with van der Waals surface area (Å²) < 4.78 is 114. The Morgan fingerprint density at radius 3 is 1.25 bits per heavy atom. The Labute approximate surface area is 447 Å². The van der Waals surface area contributed by atoms with Crippen LogP contribution >= 0.6 is 0 Å². The van der Waals surface area contributed by atoms with Crippen LogP contribution in [-0.4, -0.2) is 117 Å². The van der Waals surface area contributed by atoms with E-state index in [0.717, 1.165) is 46.8 Å². The summed E-state index contributed by atoms with van der Waals surface area (Å²) in [5, 5.41) is 31.0. The molecule has 0 saturated carbocycles. The van der Waals surface area contributed by atoms with Crippen LogP contribution in [0.3, 0.4) is 0 Å². The molecule has 73 heavy (non-hydrogen) atoms. The Balaban J connectivity index is 0.000000312. The first-order chi connectivity index (χ1) is 33.8. The van der Waals surface area contributed by atoms with Gasteiger partial charge in [0.2, 0.25) is 11.8 Å². The van der Waals surface area contributed by atoms with Gasteiger partial charge in [-0.2, -0.15) is 26.3 Å². The summed E-state index contributed by atoms with van der Waals surface area (Å²) in [4.78, 5) is 30.2. The van der Waals surface area contributed by atoms with Crippen molar-refractivity contribution in [3.63, 3.8) is 0 Å². The van der Waals surface area contributed by atoms with Crippen molar-refractivity contribution >= 4 is 49.7 Å². The summed E-state index contributed by atoms with van der Waals surface area (Å²) in [5.41, 5.74) is -1.45. The Bertz CT molecular complexity index is 2580. The average molecular weight is 1050 g/mol. The number of alkyl halides is 6. The molecule has 388 valence electrons. The molecular formula is C50H54CaF6N6O10. The zero-order valence-electron chi connectivity index (χ0n) is 41.5. The van der Waals surface area contributed by atoms with Gasteiger partial charge < -0.3 is 48.2 Å². The molecule has 2 aromatic carbocycles. The van der Waals surface area contributed by atoms with Crippen molar-refractivity contribution < 1.29 is 74.6 Å². The first-order valence-corrected chi connectivity index (χ1v) is 22.6.